The lowest BCUT2D eigenvalue weighted by molar-refractivity contribution is 0.312. The quantitative estimate of drug-likeness (QED) is 0.686. The number of nitrogens with zero attached hydrogens (tertiary/aromatic N) is 1. The number of hydrogen-bond donors (Lipinski definition) is 1. The molecule has 1 heterocycles. The van der Waals surface area contributed by atoms with Gasteiger partial charge in [-0.15, -0.1) is 11.3 Å². The van der Waals surface area contributed by atoms with Crippen LogP contribution in [0.2, 0.25) is 0 Å². The van der Waals surface area contributed by atoms with Gasteiger partial charge in [-0.1, -0.05) is 6.07 Å². The van der Waals surface area contributed by atoms with Gasteiger partial charge in [0.2, 0.25) is 0 Å². The zero-order chi connectivity index (χ0) is 8.10. The van der Waals surface area contributed by atoms with Crippen LogP contribution in [0.4, 0.5) is 0 Å². The molecule has 0 atom stereocenters. The molecule has 11 heavy (non-hydrogen) atoms. The lowest BCUT2D eigenvalue weighted by atomic mass is 10.4. The summed E-state index contributed by atoms with van der Waals surface area (Å²) in [4.78, 5) is 3.66. The van der Waals surface area contributed by atoms with Gasteiger partial charge in [-0.05, 0) is 25.5 Å². The largest absolute Gasteiger partial charge is 0.307 e. The van der Waals surface area contributed by atoms with E-state index < -0.39 is 0 Å². The summed E-state index contributed by atoms with van der Waals surface area (Å²) in [6.07, 6.45) is 0. The van der Waals surface area contributed by atoms with Crippen LogP contribution < -0.4 is 5.32 Å². The molecule has 0 aromatic carbocycles. The first-order chi connectivity index (χ1) is 5.33. The highest BCUT2D eigenvalue weighted by atomic mass is 32.1. The van der Waals surface area contributed by atoms with Gasteiger partial charge in [-0.3, -0.25) is 4.90 Å². The summed E-state index contributed by atoms with van der Waals surface area (Å²) in [6.45, 7) is 1.98. The summed E-state index contributed by atoms with van der Waals surface area (Å²) >= 11 is 1.81. The van der Waals surface area contributed by atoms with Crippen LogP contribution >= 0.6 is 11.3 Å². The van der Waals surface area contributed by atoms with Gasteiger partial charge in [-0.2, -0.15) is 0 Å². The van der Waals surface area contributed by atoms with Gasteiger partial charge in [0.15, 0.2) is 0 Å². The normalized spacial score (nSPS) is 10.8. The molecular weight excluding hydrogens is 156 g/mol. The first-order valence-corrected chi connectivity index (χ1v) is 4.56. The molecule has 0 aliphatic rings. The third-order valence-electron chi connectivity index (χ3n) is 1.43. The van der Waals surface area contributed by atoms with E-state index in [2.05, 4.69) is 34.8 Å². The molecule has 0 saturated carbocycles. The van der Waals surface area contributed by atoms with Crippen molar-refractivity contribution in [2.45, 2.75) is 6.54 Å². The Labute approximate surface area is 71.8 Å². The summed E-state index contributed by atoms with van der Waals surface area (Å²) in [7, 11) is 4.07. The second-order valence-electron chi connectivity index (χ2n) is 2.61. The van der Waals surface area contributed by atoms with Crippen molar-refractivity contribution in [3.63, 3.8) is 0 Å². The van der Waals surface area contributed by atoms with Gasteiger partial charge in [0.25, 0.3) is 0 Å². The zero-order valence-electron chi connectivity index (χ0n) is 7.00. The third-order valence-corrected chi connectivity index (χ3v) is 2.30. The topological polar surface area (TPSA) is 15.3 Å². The third kappa shape index (κ3) is 3.01. The molecule has 0 fully saturated rings. The van der Waals surface area contributed by atoms with E-state index in [1.165, 1.54) is 4.88 Å². The van der Waals surface area contributed by atoms with Crippen molar-refractivity contribution < 1.29 is 0 Å². The lowest BCUT2D eigenvalue weighted by Gasteiger charge is -2.13. The molecule has 0 unspecified atom stereocenters. The Bertz CT molecular complexity index is 184. The first kappa shape index (κ1) is 8.71. The molecular formula is C8H14N2S. The molecule has 0 aliphatic carbocycles. The number of nitrogens with one attached hydrogen (secondary N) is 1. The number of hydrogen-bond acceptors (Lipinski definition) is 3. The van der Waals surface area contributed by atoms with Crippen LogP contribution in [0, 0.1) is 0 Å². The van der Waals surface area contributed by atoms with Crippen LogP contribution in [0.5, 0.6) is 0 Å². The van der Waals surface area contributed by atoms with Crippen molar-refractivity contribution in [2.75, 3.05) is 20.8 Å². The highest BCUT2D eigenvalue weighted by Crippen LogP contribution is 2.09. The monoisotopic (exact) mass is 170 g/mol. The molecule has 1 rings (SSSR count). The van der Waals surface area contributed by atoms with Crippen molar-refractivity contribution in [1.29, 1.82) is 0 Å². The van der Waals surface area contributed by atoms with Crippen molar-refractivity contribution in [3.8, 4) is 0 Å². The summed E-state index contributed by atoms with van der Waals surface area (Å²) in [5, 5.41) is 5.22. The average Bonchev–Trinajstić information content (AvgIpc) is 2.40. The van der Waals surface area contributed by atoms with E-state index in [0.29, 0.717) is 0 Å². The van der Waals surface area contributed by atoms with Crippen molar-refractivity contribution in [2.24, 2.45) is 0 Å². The zero-order valence-corrected chi connectivity index (χ0v) is 7.82. The Kier molecular flexibility index (Phi) is 3.56. The minimum Gasteiger partial charge on any atom is -0.307 e. The van der Waals surface area contributed by atoms with Crippen molar-refractivity contribution in [3.05, 3.63) is 22.4 Å². The molecule has 2 nitrogen and oxygen atoms in total. The molecule has 0 aliphatic heterocycles. The fraction of sp³-hybridized carbons (Fsp3) is 0.500. The van der Waals surface area contributed by atoms with Gasteiger partial charge in [0.05, 0.1) is 0 Å². The van der Waals surface area contributed by atoms with Crippen molar-refractivity contribution >= 4 is 11.3 Å². The van der Waals surface area contributed by atoms with Crippen LogP contribution in [0.1, 0.15) is 4.88 Å². The van der Waals surface area contributed by atoms with Crippen molar-refractivity contribution in [1.82, 2.24) is 10.2 Å². The van der Waals surface area contributed by atoms with Crippen LogP contribution in [0.3, 0.4) is 0 Å². The fourth-order valence-corrected chi connectivity index (χ4v) is 1.78. The van der Waals surface area contributed by atoms with Crippen LogP contribution in [0.25, 0.3) is 0 Å². The van der Waals surface area contributed by atoms with E-state index in [1.54, 1.807) is 0 Å². The molecule has 0 radical (unpaired) electrons. The predicted molar refractivity (Wildman–Crippen MR) is 49.7 cm³/mol. The maximum absolute atomic E-state index is 3.11. The smallest absolute Gasteiger partial charge is 0.0478 e. The standard InChI is InChI=1S/C8H14N2S/c1-9-7-10(2)6-8-4-3-5-11-8/h3-5,9H,6-7H2,1-2H3. The Morgan fingerprint density at radius 2 is 2.45 bits per heavy atom. The molecule has 1 aromatic rings. The van der Waals surface area contributed by atoms with E-state index in [1.807, 2.05) is 18.4 Å². The number of rotatable bonds is 4. The fourth-order valence-electron chi connectivity index (χ4n) is 0.994. The lowest BCUT2D eigenvalue weighted by Crippen LogP contribution is -2.27. The molecule has 62 valence electrons. The Hall–Kier alpha value is -0.380. The van der Waals surface area contributed by atoms with Gasteiger partial charge < -0.3 is 5.32 Å². The molecule has 0 saturated heterocycles. The summed E-state index contributed by atoms with van der Waals surface area (Å²) < 4.78 is 0. The molecule has 0 amide bonds. The molecule has 0 spiro atoms. The van der Waals surface area contributed by atoms with Crippen LogP contribution in [0.15, 0.2) is 17.5 Å². The van der Waals surface area contributed by atoms with E-state index >= 15 is 0 Å². The maximum Gasteiger partial charge on any atom is 0.0478 e. The van der Waals surface area contributed by atoms with Crippen LogP contribution in [-0.2, 0) is 6.54 Å². The van der Waals surface area contributed by atoms with E-state index in [4.69, 9.17) is 0 Å². The summed E-state index contributed by atoms with van der Waals surface area (Å²) in [5.41, 5.74) is 0. The molecule has 1 N–H and O–H groups in total. The molecule has 3 heteroatoms. The summed E-state index contributed by atoms with van der Waals surface area (Å²) in [5.74, 6) is 0. The van der Waals surface area contributed by atoms with Gasteiger partial charge in [0, 0.05) is 18.1 Å². The average molecular weight is 170 g/mol. The van der Waals surface area contributed by atoms with E-state index in [0.717, 1.165) is 13.2 Å². The predicted octanol–water partition coefficient (Wildman–Crippen LogP) is 1.36. The van der Waals surface area contributed by atoms with E-state index in [9.17, 15) is 0 Å². The molecule has 0 bridgehead atoms. The SMILES string of the molecule is CNCN(C)Cc1cccs1. The Balaban J connectivity index is 2.31. The van der Waals surface area contributed by atoms with Gasteiger partial charge >= 0.3 is 0 Å². The van der Waals surface area contributed by atoms with Crippen LogP contribution in [-0.4, -0.2) is 25.7 Å². The Morgan fingerprint density at radius 1 is 1.64 bits per heavy atom. The minimum absolute atomic E-state index is 0.942. The number of thiophene rings is 1. The van der Waals surface area contributed by atoms with E-state index in [-0.39, 0.29) is 0 Å². The maximum atomic E-state index is 3.11. The second-order valence-corrected chi connectivity index (χ2v) is 3.64. The highest BCUT2D eigenvalue weighted by molar-refractivity contribution is 7.09. The molecule has 1 aromatic heterocycles. The minimum atomic E-state index is 0.942. The first-order valence-electron chi connectivity index (χ1n) is 3.68. The van der Waals surface area contributed by atoms with Gasteiger partial charge in [-0.25, -0.2) is 0 Å². The second kappa shape index (κ2) is 4.49. The van der Waals surface area contributed by atoms with Gasteiger partial charge in [0.1, 0.15) is 0 Å². The Morgan fingerprint density at radius 3 is 3.00 bits per heavy atom. The highest BCUT2D eigenvalue weighted by Gasteiger charge is 1.97. The summed E-state index contributed by atoms with van der Waals surface area (Å²) in [6, 6.07) is 4.25.